The van der Waals surface area contributed by atoms with Crippen molar-refractivity contribution in [3.63, 3.8) is 0 Å². The van der Waals surface area contributed by atoms with Gasteiger partial charge >= 0.3 is 0 Å². The first kappa shape index (κ1) is 18.1. The van der Waals surface area contributed by atoms with Gasteiger partial charge in [0.2, 0.25) is 10.0 Å². The Hall–Kier alpha value is -1.23. The van der Waals surface area contributed by atoms with E-state index in [1.54, 1.807) is 0 Å². The molecule has 1 aromatic carbocycles. The van der Waals surface area contributed by atoms with Crippen LogP contribution in [0.1, 0.15) is 16.8 Å². The van der Waals surface area contributed by atoms with Crippen LogP contribution in [-0.2, 0) is 10.0 Å². The summed E-state index contributed by atoms with van der Waals surface area (Å²) in [6.07, 6.45) is 1.51. The first-order valence-corrected chi connectivity index (χ1v) is 9.54. The highest BCUT2D eigenvalue weighted by Gasteiger charge is 2.31. The Morgan fingerprint density at radius 3 is 2.74 bits per heavy atom. The summed E-state index contributed by atoms with van der Waals surface area (Å²) in [5.41, 5.74) is -0.359. The summed E-state index contributed by atoms with van der Waals surface area (Å²) in [5.74, 6) is -0.475. The zero-order valence-corrected chi connectivity index (χ0v) is 15.1. The number of carbonyl (C=O) groups is 1. The van der Waals surface area contributed by atoms with Crippen LogP contribution >= 0.6 is 27.5 Å². The Kier molecular flexibility index (Phi) is 5.29. The Morgan fingerprint density at radius 1 is 1.52 bits per heavy atom. The van der Waals surface area contributed by atoms with Crippen molar-refractivity contribution in [3.8, 4) is 0 Å². The van der Waals surface area contributed by atoms with Crippen molar-refractivity contribution in [2.75, 3.05) is 19.3 Å². The average molecular weight is 427 g/mol. The first-order chi connectivity index (χ1) is 10.6. The van der Waals surface area contributed by atoms with E-state index in [9.17, 15) is 23.3 Å². The lowest BCUT2D eigenvalue weighted by Gasteiger charge is -2.17. The highest BCUT2D eigenvalue weighted by molar-refractivity contribution is 9.10. The molecule has 1 N–H and O–H groups in total. The van der Waals surface area contributed by atoms with Gasteiger partial charge in [-0.25, -0.2) is 13.1 Å². The first-order valence-electron chi connectivity index (χ1n) is 6.48. The van der Waals surface area contributed by atoms with Crippen molar-refractivity contribution >= 4 is 49.1 Å². The molecule has 1 aromatic rings. The van der Waals surface area contributed by atoms with E-state index in [1.807, 2.05) is 0 Å². The highest BCUT2D eigenvalue weighted by atomic mass is 79.9. The van der Waals surface area contributed by atoms with Gasteiger partial charge in [0.25, 0.3) is 11.6 Å². The molecule has 0 aromatic heterocycles. The number of carbonyl (C=O) groups excluding carboxylic acids is 1. The van der Waals surface area contributed by atoms with Gasteiger partial charge in [0.05, 0.1) is 16.7 Å². The maximum Gasteiger partial charge on any atom is 0.289 e. The van der Waals surface area contributed by atoms with E-state index < -0.39 is 20.9 Å². The molecule has 0 spiro atoms. The molecule has 1 aliphatic heterocycles. The van der Waals surface area contributed by atoms with Crippen LogP contribution in [0.15, 0.2) is 16.6 Å². The lowest BCUT2D eigenvalue weighted by Crippen LogP contribution is -2.38. The highest BCUT2D eigenvalue weighted by Crippen LogP contribution is 2.33. The van der Waals surface area contributed by atoms with E-state index >= 15 is 0 Å². The number of sulfonamides is 1. The van der Waals surface area contributed by atoms with E-state index in [4.69, 9.17) is 11.6 Å². The number of amides is 1. The van der Waals surface area contributed by atoms with Crippen molar-refractivity contribution in [3.05, 3.63) is 37.3 Å². The van der Waals surface area contributed by atoms with Crippen LogP contribution in [0.4, 0.5) is 5.69 Å². The second kappa shape index (κ2) is 6.71. The van der Waals surface area contributed by atoms with Crippen LogP contribution < -0.4 is 4.72 Å². The van der Waals surface area contributed by atoms with E-state index in [0.717, 1.165) is 6.26 Å². The minimum absolute atomic E-state index is 0.00717. The molecule has 1 aliphatic rings. The summed E-state index contributed by atoms with van der Waals surface area (Å²) >= 11 is 9.09. The molecule has 0 saturated carbocycles. The molecule has 0 unspecified atom stereocenters. The number of nitro benzene ring substituents is 1. The smallest absolute Gasteiger partial charge is 0.289 e. The standard InChI is InChI=1S/C12H13BrClN3O5S/c1-23(21,22)15-8-2-3-16(6-8)12(18)9-4-7(13)5-10(11(9)14)17(19)20/h4-5,8,15H,2-3,6H2,1H3/t8-/m0/s1. The number of likely N-dealkylation sites (tertiary alicyclic amines) is 1. The van der Waals surface area contributed by atoms with Gasteiger partial charge in [-0.3, -0.25) is 14.9 Å². The third kappa shape index (κ3) is 4.40. The van der Waals surface area contributed by atoms with Crippen LogP contribution in [0.5, 0.6) is 0 Å². The van der Waals surface area contributed by atoms with E-state index in [2.05, 4.69) is 20.7 Å². The van der Waals surface area contributed by atoms with Gasteiger partial charge in [-0.2, -0.15) is 0 Å². The SMILES string of the molecule is CS(=O)(=O)N[C@H]1CCN(C(=O)c2cc(Br)cc([N+](=O)[O-])c2Cl)C1. The number of nitrogens with one attached hydrogen (secondary N) is 1. The van der Waals surface area contributed by atoms with E-state index in [-0.39, 0.29) is 28.9 Å². The van der Waals surface area contributed by atoms with Crippen molar-refractivity contribution in [1.29, 1.82) is 0 Å². The third-order valence-electron chi connectivity index (χ3n) is 3.30. The summed E-state index contributed by atoms with van der Waals surface area (Å²) in [7, 11) is -3.36. The minimum atomic E-state index is -3.36. The molecule has 2 rings (SSSR count). The predicted molar refractivity (Wildman–Crippen MR) is 88.1 cm³/mol. The quantitative estimate of drug-likeness (QED) is 0.583. The zero-order valence-electron chi connectivity index (χ0n) is 12.0. The molecule has 0 radical (unpaired) electrons. The number of nitrogens with zero attached hydrogens (tertiary/aromatic N) is 2. The number of nitro groups is 1. The topological polar surface area (TPSA) is 110 Å². The molecule has 1 atom stereocenters. The van der Waals surface area contributed by atoms with Gasteiger partial charge in [0.1, 0.15) is 5.02 Å². The fourth-order valence-corrected chi connectivity index (χ4v) is 3.88. The summed E-state index contributed by atoms with van der Waals surface area (Å²) in [4.78, 5) is 24.3. The number of rotatable bonds is 4. The average Bonchev–Trinajstić information content (AvgIpc) is 2.86. The lowest BCUT2D eigenvalue weighted by atomic mass is 10.1. The third-order valence-corrected chi connectivity index (χ3v) is 4.92. The molecule has 126 valence electrons. The van der Waals surface area contributed by atoms with Crippen molar-refractivity contribution in [2.45, 2.75) is 12.5 Å². The Morgan fingerprint density at radius 2 is 2.17 bits per heavy atom. The fourth-order valence-electron chi connectivity index (χ4n) is 2.38. The molecule has 1 saturated heterocycles. The van der Waals surface area contributed by atoms with Crippen LogP contribution in [0.25, 0.3) is 0 Å². The minimum Gasteiger partial charge on any atom is -0.337 e. The predicted octanol–water partition coefficient (Wildman–Crippen LogP) is 1.77. The van der Waals surface area contributed by atoms with Crippen LogP contribution in [0.2, 0.25) is 5.02 Å². The van der Waals surface area contributed by atoms with Gasteiger partial charge in [-0.05, 0) is 12.5 Å². The van der Waals surface area contributed by atoms with Crippen molar-refractivity contribution in [2.24, 2.45) is 0 Å². The maximum atomic E-state index is 12.5. The summed E-state index contributed by atoms with van der Waals surface area (Å²) < 4.78 is 25.3. The summed E-state index contributed by atoms with van der Waals surface area (Å²) in [6, 6.07) is 2.25. The van der Waals surface area contributed by atoms with Gasteiger partial charge < -0.3 is 4.90 Å². The molecular weight excluding hydrogens is 414 g/mol. The summed E-state index contributed by atoms with van der Waals surface area (Å²) in [6.45, 7) is 0.519. The molecule has 0 bridgehead atoms. The van der Waals surface area contributed by atoms with Gasteiger partial charge in [-0.15, -0.1) is 0 Å². The molecule has 0 aliphatic carbocycles. The zero-order chi connectivity index (χ0) is 17.4. The largest absolute Gasteiger partial charge is 0.337 e. The molecule has 1 amide bonds. The van der Waals surface area contributed by atoms with Crippen molar-refractivity contribution < 1.29 is 18.1 Å². The number of hydrogen-bond acceptors (Lipinski definition) is 5. The number of benzene rings is 1. The van der Waals surface area contributed by atoms with Gasteiger partial charge in [-0.1, -0.05) is 27.5 Å². The Balaban J connectivity index is 2.24. The fraction of sp³-hybridized carbons (Fsp3) is 0.417. The van der Waals surface area contributed by atoms with E-state index in [1.165, 1.54) is 17.0 Å². The normalized spacial score (nSPS) is 18.2. The van der Waals surface area contributed by atoms with Crippen molar-refractivity contribution in [1.82, 2.24) is 9.62 Å². The van der Waals surface area contributed by atoms with Crippen LogP contribution in [0.3, 0.4) is 0 Å². The Bertz CT molecular complexity index is 770. The number of hydrogen-bond donors (Lipinski definition) is 1. The maximum absolute atomic E-state index is 12.5. The van der Waals surface area contributed by atoms with E-state index in [0.29, 0.717) is 17.4 Å². The second-order valence-corrected chi connectivity index (χ2v) is 8.24. The Labute approximate surface area is 146 Å². The monoisotopic (exact) mass is 425 g/mol. The van der Waals surface area contributed by atoms with Gasteiger partial charge in [0.15, 0.2) is 0 Å². The van der Waals surface area contributed by atoms with Gasteiger partial charge in [0, 0.05) is 29.7 Å². The summed E-state index contributed by atoms with van der Waals surface area (Å²) in [5, 5.41) is 10.7. The lowest BCUT2D eigenvalue weighted by molar-refractivity contribution is -0.384. The van der Waals surface area contributed by atoms with Crippen LogP contribution in [-0.4, -0.2) is 49.5 Å². The number of halogens is 2. The molecule has 8 nitrogen and oxygen atoms in total. The molecule has 1 heterocycles. The molecule has 1 fully saturated rings. The molecule has 23 heavy (non-hydrogen) atoms. The van der Waals surface area contributed by atoms with Crippen LogP contribution in [0, 0.1) is 10.1 Å². The molecule has 11 heteroatoms. The second-order valence-electron chi connectivity index (χ2n) is 5.17. The molecular formula is C12H13BrClN3O5S.